The topological polar surface area (TPSA) is 80.9 Å². The van der Waals surface area contributed by atoms with E-state index in [1.54, 1.807) is 25.8 Å². The lowest BCUT2D eigenvalue weighted by Gasteiger charge is -2.29. The standard InChI is InChI=1S/C15H25N3O4/c1-9(2)12(15(21)22)17(4)13(19)10-5-6-18(7-10)14(20)11-8-16(11)3/h9-12H,5-8H2,1-4H3,(H,21,22)/t10-,11+,12-,16?/m0/s1. The first-order valence-corrected chi connectivity index (χ1v) is 7.72. The van der Waals surface area contributed by atoms with E-state index in [1.807, 2.05) is 11.9 Å². The molecule has 7 heteroatoms. The number of carbonyl (C=O) groups excluding carboxylic acids is 2. The molecule has 2 rings (SSSR count). The van der Waals surface area contributed by atoms with Gasteiger partial charge in [-0.25, -0.2) is 4.79 Å². The minimum atomic E-state index is -0.989. The number of hydrogen-bond acceptors (Lipinski definition) is 4. The molecule has 0 spiro atoms. The number of aliphatic carboxylic acids is 1. The molecule has 2 aliphatic rings. The van der Waals surface area contributed by atoms with Gasteiger partial charge >= 0.3 is 5.97 Å². The SMILES string of the molecule is CC(C)[C@@H](C(=O)O)N(C)C(=O)[C@H]1CCN(C(=O)[C@H]2CN2C)C1. The lowest BCUT2D eigenvalue weighted by molar-refractivity contribution is -0.152. The van der Waals surface area contributed by atoms with Crippen LogP contribution in [0.1, 0.15) is 20.3 Å². The van der Waals surface area contributed by atoms with Gasteiger partial charge in [0.2, 0.25) is 11.8 Å². The molecule has 0 aromatic carbocycles. The maximum absolute atomic E-state index is 12.5. The molecule has 0 aromatic rings. The molecule has 7 nitrogen and oxygen atoms in total. The van der Waals surface area contributed by atoms with Crippen molar-refractivity contribution in [2.45, 2.75) is 32.4 Å². The molecule has 124 valence electrons. The number of likely N-dealkylation sites (N-methyl/N-ethyl adjacent to an activating group) is 2. The Morgan fingerprint density at radius 3 is 2.27 bits per heavy atom. The molecule has 1 unspecified atom stereocenters. The Labute approximate surface area is 130 Å². The minimum Gasteiger partial charge on any atom is -0.480 e. The Hall–Kier alpha value is -1.63. The van der Waals surface area contributed by atoms with Crippen molar-refractivity contribution < 1.29 is 19.5 Å². The molecule has 0 saturated carbocycles. The summed E-state index contributed by atoms with van der Waals surface area (Å²) in [4.78, 5) is 41.1. The van der Waals surface area contributed by atoms with Gasteiger partial charge in [-0.1, -0.05) is 13.8 Å². The molecule has 0 aliphatic carbocycles. The zero-order valence-corrected chi connectivity index (χ0v) is 13.7. The van der Waals surface area contributed by atoms with Crippen LogP contribution in [0.2, 0.25) is 0 Å². The molecule has 2 aliphatic heterocycles. The first-order valence-electron chi connectivity index (χ1n) is 7.72. The largest absolute Gasteiger partial charge is 0.480 e. The molecule has 0 bridgehead atoms. The Bertz CT molecular complexity index is 479. The van der Waals surface area contributed by atoms with Crippen LogP contribution >= 0.6 is 0 Å². The van der Waals surface area contributed by atoms with Gasteiger partial charge in [-0.3, -0.25) is 14.5 Å². The van der Waals surface area contributed by atoms with Crippen LogP contribution in [0, 0.1) is 11.8 Å². The zero-order chi connectivity index (χ0) is 16.6. The van der Waals surface area contributed by atoms with E-state index in [1.165, 1.54) is 4.90 Å². The van der Waals surface area contributed by atoms with Gasteiger partial charge in [-0.15, -0.1) is 0 Å². The second kappa shape index (κ2) is 6.24. The zero-order valence-electron chi connectivity index (χ0n) is 13.7. The minimum absolute atomic E-state index is 0.0333. The van der Waals surface area contributed by atoms with E-state index in [0.29, 0.717) is 19.5 Å². The highest BCUT2D eigenvalue weighted by molar-refractivity contribution is 5.88. The number of amides is 2. The average Bonchev–Trinajstić information content (AvgIpc) is 2.97. The van der Waals surface area contributed by atoms with Crippen LogP contribution in [-0.4, -0.2) is 83.4 Å². The number of likely N-dealkylation sites (tertiary alicyclic amines) is 1. The second-order valence-corrected chi connectivity index (χ2v) is 6.70. The summed E-state index contributed by atoms with van der Waals surface area (Å²) in [6.45, 7) is 5.33. The van der Waals surface area contributed by atoms with E-state index >= 15 is 0 Å². The summed E-state index contributed by atoms with van der Waals surface area (Å²) in [7, 11) is 3.44. The number of nitrogens with zero attached hydrogens (tertiary/aromatic N) is 3. The normalized spacial score (nSPS) is 28.6. The van der Waals surface area contributed by atoms with Gasteiger partial charge in [-0.05, 0) is 19.4 Å². The third-order valence-electron chi connectivity index (χ3n) is 4.64. The van der Waals surface area contributed by atoms with E-state index in [-0.39, 0.29) is 29.7 Å². The fourth-order valence-electron chi connectivity index (χ4n) is 3.19. The van der Waals surface area contributed by atoms with Gasteiger partial charge in [0.1, 0.15) is 12.1 Å². The smallest absolute Gasteiger partial charge is 0.326 e. The molecule has 4 atom stereocenters. The monoisotopic (exact) mass is 311 g/mol. The highest BCUT2D eigenvalue weighted by Crippen LogP contribution is 2.25. The quantitative estimate of drug-likeness (QED) is 0.706. The number of carboxylic acid groups (broad SMARTS) is 1. The fraction of sp³-hybridized carbons (Fsp3) is 0.800. The van der Waals surface area contributed by atoms with Gasteiger partial charge in [0.05, 0.1) is 5.92 Å². The highest BCUT2D eigenvalue weighted by atomic mass is 16.4. The van der Waals surface area contributed by atoms with Crippen LogP contribution in [0.15, 0.2) is 0 Å². The molecular weight excluding hydrogens is 286 g/mol. The first kappa shape index (κ1) is 16.7. The fourth-order valence-corrected chi connectivity index (χ4v) is 3.19. The Kier molecular flexibility index (Phi) is 4.75. The van der Waals surface area contributed by atoms with E-state index < -0.39 is 12.0 Å². The van der Waals surface area contributed by atoms with Gasteiger partial charge in [0.25, 0.3) is 0 Å². The van der Waals surface area contributed by atoms with Crippen LogP contribution in [0.3, 0.4) is 0 Å². The van der Waals surface area contributed by atoms with Crippen molar-refractivity contribution in [3.05, 3.63) is 0 Å². The van der Waals surface area contributed by atoms with E-state index in [9.17, 15) is 19.5 Å². The third-order valence-corrected chi connectivity index (χ3v) is 4.64. The van der Waals surface area contributed by atoms with Crippen molar-refractivity contribution in [3.63, 3.8) is 0 Å². The molecule has 2 saturated heterocycles. The summed E-state index contributed by atoms with van der Waals surface area (Å²) in [5, 5.41) is 9.29. The Morgan fingerprint density at radius 1 is 1.23 bits per heavy atom. The van der Waals surface area contributed by atoms with Gasteiger partial charge in [-0.2, -0.15) is 0 Å². The molecule has 22 heavy (non-hydrogen) atoms. The number of carbonyl (C=O) groups is 3. The van der Waals surface area contributed by atoms with Gasteiger partial charge in [0.15, 0.2) is 0 Å². The number of carboxylic acids is 1. The van der Waals surface area contributed by atoms with Crippen molar-refractivity contribution in [2.75, 3.05) is 33.7 Å². The van der Waals surface area contributed by atoms with E-state index in [2.05, 4.69) is 0 Å². The predicted octanol–water partition coefficient (Wildman–Crippen LogP) is -0.283. The second-order valence-electron chi connectivity index (χ2n) is 6.70. The van der Waals surface area contributed by atoms with Gasteiger partial charge < -0.3 is 14.9 Å². The Morgan fingerprint density at radius 2 is 1.82 bits per heavy atom. The summed E-state index contributed by atoms with van der Waals surface area (Å²) < 4.78 is 0. The molecule has 1 N–H and O–H groups in total. The van der Waals surface area contributed by atoms with Crippen molar-refractivity contribution in [3.8, 4) is 0 Å². The van der Waals surface area contributed by atoms with Crippen LogP contribution < -0.4 is 0 Å². The van der Waals surface area contributed by atoms with Crippen molar-refractivity contribution in [1.29, 1.82) is 0 Å². The van der Waals surface area contributed by atoms with E-state index in [0.717, 1.165) is 6.54 Å². The predicted molar refractivity (Wildman–Crippen MR) is 80.1 cm³/mol. The summed E-state index contributed by atoms with van der Waals surface area (Å²) >= 11 is 0. The maximum Gasteiger partial charge on any atom is 0.326 e. The van der Waals surface area contributed by atoms with Crippen LogP contribution in [0.4, 0.5) is 0 Å². The van der Waals surface area contributed by atoms with Crippen LogP contribution in [0.5, 0.6) is 0 Å². The van der Waals surface area contributed by atoms with Gasteiger partial charge in [0, 0.05) is 26.7 Å². The number of rotatable bonds is 5. The third kappa shape index (κ3) is 3.24. The molecule has 0 aromatic heterocycles. The summed E-state index contributed by atoms with van der Waals surface area (Å²) in [6.07, 6.45) is 0.607. The molecule has 0 radical (unpaired) electrons. The first-order chi connectivity index (χ1) is 10.2. The lowest BCUT2D eigenvalue weighted by Crippen LogP contribution is -2.48. The summed E-state index contributed by atoms with van der Waals surface area (Å²) in [5.74, 6) is -1.54. The van der Waals surface area contributed by atoms with Crippen molar-refractivity contribution in [2.24, 2.45) is 11.8 Å². The summed E-state index contributed by atoms with van der Waals surface area (Å²) in [5.41, 5.74) is 0. The maximum atomic E-state index is 12.5. The molecular formula is C15H25N3O4. The van der Waals surface area contributed by atoms with Crippen LogP contribution in [0.25, 0.3) is 0 Å². The molecule has 2 amide bonds. The lowest BCUT2D eigenvalue weighted by atomic mass is 10.0. The average molecular weight is 311 g/mol. The summed E-state index contributed by atoms with van der Waals surface area (Å²) in [6, 6.07) is -0.860. The van der Waals surface area contributed by atoms with Crippen molar-refractivity contribution in [1.82, 2.24) is 14.7 Å². The molecule has 2 heterocycles. The van der Waals surface area contributed by atoms with E-state index in [4.69, 9.17) is 0 Å². The van der Waals surface area contributed by atoms with Crippen molar-refractivity contribution >= 4 is 17.8 Å². The number of hydrogen-bond donors (Lipinski definition) is 1. The van der Waals surface area contributed by atoms with Crippen LogP contribution in [-0.2, 0) is 14.4 Å². The highest BCUT2D eigenvalue weighted by Gasteiger charge is 2.43. The molecule has 2 fully saturated rings. The Balaban J connectivity index is 1.96.